The van der Waals surface area contributed by atoms with Crippen LogP contribution in [0.1, 0.15) is 18.4 Å². The van der Waals surface area contributed by atoms with E-state index < -0.39 is 0 Å². The quantitative estimate of drug-likeness (QED) is 0.882. The summed E-state index contributed by atoms with van der Waals surface area (Å²) in [5, 5.41) is 9.73. The maximum atomic E-state index is 11.9. The summed E-state index contributed by atoms with van der Waals surface area (Å²) in [7, 11) is 1.88. The molecular formula is C16H22N6O. The van der Waals surface area contributed by atoms with Crippen molar-refractivity contribution in [2.24, 2.45) is 7.05 Å². The summed E-state index contributed by atoms with van der Waals surface area (Å²) in [5.74, 6) is 0.977. The molecule has 1 saturated heterocycles. The van der Waals surface area contributed by atoms with Crippen molar-refractivity contribution in [3.8, 4) is 0 Å². The molecule has 0 saturated carbocycles. The molecule has 122 valence electrons. The van der Waals surface area contributed by atoms with Gasteiger partial charge in [0.15, 0.2) is 0 Å². The van der Waals surface area contributed by atoms with Crippen molar-refractivity contribution < 1.29 is 4.79 Å². The lowest BCUT2D eigenvalue weighted by Crippen LogP contribution is -2.30. The van der Waals surface area contributed by atoms with E-state index >= 15 is 0 Å². The normalized spacial score (nSPS) is 14.0. The van der Waals surface area contributed by atoms with E-state index in [2.05, 4.69) is 25.6 Å². The summed E-state index contributed by atoms with van der Waals surface area (Å²) in [5.41, 5.74) is 1.80. The summed E-state index contributed by atoms with van der Waals surface area (Å²) in [6.45, 7) is 2.69. The first-order valence-electron chi connectivity index (χ1n) is 7.94. The smallest absolute Gasteiger partial charge is 0.319 e. The average molecular weight is 314 g/mol. The van der Waals surface area contributed by atoms with Crippen molar-refractivity contribution in [2.45, 2.75) is 19.3 Å². The van der Waals surface area contributed by atoms with Gasteiger partial charge in [-0.05, 0) is 37.0 Å². The first-order valence-corrected chi connectivity index (χ1v) is 7.94. The zero-order valence-electron chi connectivity index (χ0n) is 13.3. The van der Waals surface area contributed by atoms with Crippen LogP contribution in [0.25, 0.3) is 0 Å². The summed E-state index contributed by atoms with van der Waals surface area (Å²) in [6, 6.07) is 3.63. The number of hydrogen-bond donors (Lipinski definition) is 2. The second-order valence-corrected chi connectivity index (χ2v) is 5.75. The minimum absolute atomic E-state index is 0.218. The fraction of sp³-hybridized carbons (Fsp3) is 0.438. The molecule has 3 rings (SSSR count). The minimum Gasteiger partial charge on any atom is -0.357 e. The molecule has 2 N–H and O–H groups in total. The van der Waals surface area contributed by atoms with Gasteiger partial charge in [0.25, 0.3) is 0 Å². The van der Waals surface area contributed by atoms with Crippen LogP contribution in [0.4, 0.5) is 16.3 Å². The molecule has 0 atom stereocenters. The van der Waals surface area contributed by atoms with Gasteiger partial charge in [-0.1, -0.05) is 0 Å². The van der Waals surface area contributed by atoms with E-state index in [0.29, 0.717) is 12.2 Å². The summed E-state index contributed by atoms with van der Waals surface area (Å²) < 4.78 is 1.75. The molecule has 2 aromatic rings. The third-order valence-electron chi connectivity index (χ3n) is 3.89. The summed E-state index contributed by atoms with van der Waals surface area (Å²) in [6.07, 6.45) is 8.66. The van der Waals surface area contributed by atoms with Crippen molar-refractivity contribution in [1.29, 1.82) is 0 Å². The second kappa shape index (κ2) is 7.13. The largest absolute Gasteiger partial charge is 0.357 e. The molecule has 2 amide bonds. The van der Waals surface area contributed by atoms with E-state index in [9.17, 15) is 4.79 Å². The molecule has 0 radical (unpaired) electrons. The predicted molar refractivity (Wildman–Crippen MR) is 89.6 cm³/mol. The van der Waals surface area contributed by atoms with Crippen LogP contribution in [0, 0.1) is 0 Å². The third-order valence-corrected chi connectivity index (χ3v) is 3.89. The highest BCUT2D eigenvalue weighted by Gasteiger charge is 2.13. The van der Waals surface area contributed by atoms with Crippen LogP contribution in [0.2, 0.25) is 0 Å². The molecule has 7 heteroatoms. The van der Waals surface area contributed by atoms with E-state index in [4.69, 9.17) is 0 Å². The maximum absolute atomic E-state index is 11.9. The molecule has 1 fully saturated rings. The fourth-order valence-corrected chi connectivity index (χ4v) is 2.69. The van der Waals surface area contributed by atoms with Crippen LogP contribution in [-0.4, -0.2) is 40.4 Å². The Bertz CT molecular complexity index is 645. The Morgan fingerprint density at radius 3 is 2.74 bits per heavy atom. The molecule has 7 nitrogen and oxygen atoms in total. The highest BCUT2D eigenvalue weighted by Crippen LogP contribution is 2.18. The molecule has 0 bridgehead atoms. The highest BCUT2D eigenvalue weighted by atomic mass is 16.2. The number of carbonyl (C=O) groups excluding carboxylic acids is 1. The number of hydrogen-bond acceptors (Lipinski definition) is 4. The van der Waals surface area contributed by atoms with Crippen molar-refractivity contribution in [1.82, 2.24) is 20.1 Å². The fourth-order valence-electron chi connectivity index (χ4n) is 2.69. The number of nitrogens with zero attached hydrogens (tertiary/aromatic N) is 4. The second-order valence-electron chi connectivity index (χ2n) is 5.75. The van der Waals surface area contributed by atoms with Crippen LogP contribution in [-0.2, 0) is 13.5 Å². The number of anilines is 2. The van der Waals surface area contributed by atoms with Gasteiger partial charge in [-0.15, -0.1) is 0 Å². The van der Waals surface area contributed by atoms with Gasteiger partial charge in [-0.2, -0.15) is 5.10 Å². The van der Waals surface area contributed by atoms with Gasteiger partial charge >= 0.3 is 6.03 Å². The molecule has 1 aliphatic heterocycles. The number of nitrogens with one attached hydrogen (secondary N) is 2. The minimum atomic E-state index is -0.218. The maximum Gasteiger partial charge on any atom is 0.319 e. The molecule has 0 spiro atoms. The number of aromatic nitrogens is 3. The molecular weight excluding hydrogens is 292 g/mol. The van der Waals surface area contributed by atoms with Gasteiger partial charge < -0.3 is 15.5 Å². The average Bonchev–Trinajstić information content (AvgIpc) is 3.20. The van der Waals surface area contributed by atoms with E-state index in [1.807, 2.05) is 25.4 Å². The predicted octanol–water partition coefficient (Wildman–Crippen LogP) is 1.78. The van der Waals surface area contributed by atoms with Crippen LogP contribution >= 0.6 is 0 Å². The summed E-state index contributed by atoms with van der Waals surface area (Å²) >= 11 is 0. The number of amides is 2. The highest BCUT2D eigenvalue weighted by molar-refractivity contribution is 5.89. The molecule has 1 aliphatic rings. The Kier molecular flexibility index (Phi) is 4.75. The van der Waals surface area contributed by atoms with E-state index in [1.165, 1.54) is 12.8 Å². The topological polar surface area (TPSA) is 75.1 Å². The number of aryl methyl sites for hydroxylation is 1. The van der Waals surface area contributed by atoms with Gasteiger partial charge in [-0.3, -0.25) is 4.68 Å². The lowest BCUT2D eigenvalue weighted by atomic mass is 10.2. The van der Waals surface area contributed by atoms with Crippen LogP contribution in [0.3, 0.4) is 0 Å². The first-order chi connectivity index (χ1) is 11.2. The Morgan fingerprint density at radius 2 is 2.09 bits per heavy atom. The lowest BCUT2D eigenvalue weighted by Gasteiger charge is -2.16. The Balaban J connectivity index is 1.43. The zero-order chi connectivity index (χ0) is 16.1. The van der Waals surface area contributed by atoms with Crippen molar-refractivity contribution in [3.05, 3.63) is 36.3 Å². The van der Waals surface area contributed by atoms with Crippen LogP contribution < -0.4 is 15.5 Å². The Hall–Kier alpha value is -2.57. The number of pyridine rings is 1. The summed E-state index contributed by atoms with van der Waals surface area (Å²) in [4.78, 5) is 18.5. The molecule has 0 unspecified atom stereocenters. The van der Waals surface area contributed by atoms with Crippen molar-refractivity contribution >= 4 is 17.5 Å². The van der Waals surface area contributed by atoms with Gasteiger partial charge in [0.05, 0.1) is 18.1 Å². The van der Waals surface area contributed by atoms with Gasteiger partial charge in [0.2, 0.25) is 0 Å². The Labute approximate surface area is 135 Å². The van der Waals surface area contributed by atoms with Crippen molar-refractivity contribution in [2.75, 3.05) is 29.9 Å². The molecule has 0 aliphatic carbocycles. The Morgan fingerprint density at radius 1 is 1.26 bits per heavy atom. The molecule has 0 aromatic carbocycles. The van der Waals surface area contributed by atoms with E-state index in [-0.39, 0.29) is 6.03 Å². The third kappa shape index (κ3) is 4.21. The first kappa shape index (κ1) is 15.3. The molecule has 3 heterocycles. The molecule has 23 heavy (non-hydrogen) atoms. The van der Waals surface area contributed by atoms with Crippen LogP contribution in [0.15, 0.2) is 30.7 Å². The zero-order valence-corrected chi connectivity index (χ0v) is 13.3. The standard InChI is InChI=1S/C16H22N6O/c1-21-12-13(10-19-21)6-7-17-16(23)20-14-4-5-15(18-11-14)22-8-2-3-9-22/h4-5,10-12H,2-3,6-9H2,1H3,(H2,17,20,23). The monoisotopic (exact) mass is 314 g/mol. The SMILES string of the molecule is Cn1cc(CCNC(=O)Nc2ccc(N3CCCC3)nc2)cn1. The van der Waals surface area contributed by atoms with Crippen molar-refractivity contribution in [3.63, 3.8) is 0 Å². The molecule has 2 aromatic heterocycles. The number of urea groups is 1. The van der Waals surface area contributed by atoms with Gasteiger partial charge in [-0.25, -0.2) is 9.78 Å². The van der Waals surface area contributed by atoms with E-state index in [1.54, 1.807) is 17.1 Å². The van der Waals surface area contributed by atoms with E-state index in [0.717, 1.165) is 30.9 Å². The number of carbonyl (C=O) groups is 1. The van der Waals surface area contributed by atoms with Gasteiger partial charge in [0, 0.05) is 32.9 Å². The van der Waals surface area contributed by atoms with Crippen LogP contribution in [0.5, 0.6) is 0 Å². The number of rotatable bonds is 5. The van der Waals surface area contributed by atoms with Gasteiger partial charge in [0.1, 0.15) is 5.82 Å². The lowest BCUT2D eigenvalue weighted by molar-refractivity contribution is 0.252.